The molecular weight excluding hydrogens is 321 g/mol. The van der Waals surface area contributed by atoms with Gasteiger partial charge in [-0.05, 0) is 35.9 Å². The highest BCUT2D eigenvalue weighted by atomic mass is 79.9. The topological polar surface area (TPSA) is 9.23 Å². The van der Waals surface area contributed by atoms with Gasteiger partial charge in [0.2, 0.25) is 0 Å². The largest absolute Gasteiger partial charge is 0.489 e. The minimum atomic E-state index is -4.30. The Balaban J connectivity index is 2.01. The van der Waals surface area contributed by atoms with Gasteiger partial charge in [-0.2, -0.15) is 13.2 Å². The standard InChI is InChI=1S/C14H10BrF3O/c15-12-2-1-3-13(8-12)19-9-10-4-6-11(7-5-10)14(16,17)18/h1-8H,9H2. The Hall–Kier alpha value is -1.49. The van der Waals surface area contributed by atoms with E-state index in [0.717, 1.165) is 16.6 Å². The van der Waals surface area contributed by atoms with Crippen molar-refractivity contribution >= 4 is 15.9 Å². The molecule has 0 fully saturated rings. The van der Waals surface area contributed by atoms with E-state index in [1.807, 2.05) is 12.1 Å². The lowest BCUT2D eigenvalue weighted by atomic mass is 10.1. The summed E-state index contributed by atoms with van der Waals surface area (Å²) in [5, 5.41) is 0. The monoisotopic (exact) mass is 330 g/mol. The van der Waals surface area contributed by atoms with Crippen molar-refractivity contribution < 1.29 is 17.9 Å². The Labute approximate surface area is 117 Å². The van der Waals surface area contributed by atoms with E-state index in [1.165, 1.54) is 12.1 Å². The van der Waals surface area contributed by atoms with E-state index in [1.54, 1.807) is 12.1 Å². The van der Waals surface area contributed by atoms with Crippen molar-refractivity contribution in [3.05, 3.63) is 64.1 Å². The number of ether oxygens (including phenoxy) is 1. The summed E-state index contributed by atoms with van der Waals surface area (Å²) in [5.74, 6) is 0.661. The van der Waals surface area contributed by atoms with Gasteiger partial charge in [0.1, 0.15) is 12.4 Å². The number of hydrogen-bond acceptors (Lipinski definition) is 1. The molecule has 2 rings (SSSR count). The van der Waals surface area contributed by atoms with Crippen LogP contribution in [-0.4, -0.2) is 0 Å². The zero-order valence-electron chi connectivity index (χ0n) is 9.75. The maximum atomic E-state index is 12.4. The zero-order chi connectivity index (χ0) is 13.9. The van der Waals surface area contributed by atoms with Crippen LogP contribution < -0.4 is 4.74 Å². The second-order valence-electron chi connectivity index (χ2n) is 3.94. The van der Waals surface area contributed by atoms with Crippen molar-refractivity contribution in [2.75, 3.05) is 0 Å². The molecule has 1 nitrogen and oxygen atoms in total. The molecular formula is C14H10BrF3O. The minimum Gasteiger partial charge on any atom is -0.489 e. The summed E-state index contributed by atoms with van der Waals surface area (Å²) in [5.41, 5.74) is 0.0340. The van der Waals surface area contributed by atoms with Crippen molar-refractivity contribution in [2.24, 2.45) is 0 Å². The molecule has 5 heteroatoms. The maximum absolute atomic E-state index is 12.4. The fourth-order valence-corrected chi connectivity index (χ4v) is 1.89. The summed E-state index contributed by atoms with van der Waals surface area (Å²) in [4.78, 5) is 0. The molecule has 0 amide bonds. The van der Waals surface area contributed by atoms with E-state index in [4.69, 9.17) is 4.74 Å². The van der Waals surface area contributed by atoms with E-state index in [0.29, 0.717) is 11.3 Å². The first-order valence-electron chi connectivity index (χ1n) is 5.50. The first-order valence-corrected chi connectivity index (χ1v) is 6.29. The van der Waals surface area contributed by atoms with Crippen LogP contribution in [0.3, 0.4) is 0 Å². The lowest BCUT2D eigenvalue weighted by molar-refractivity contribution is -0.137. The molecule has 100 valence electrons. The van der Waals surface area contributed by atoms with Crippen LogP contribution >= 0.6 is 15.9 Å². The molecule has 0 aliphatic carbocycles. The van der Waals surface area contributed by atoms with Gasteiger partial charge in [-0.15, -0.1) is 0 Å². The van der Waals surface area contributed by atoms with Gasteiger partial charge in [0.15, 0.2) is 0 Å². The molecule has 0 heterocycles. The van der Waals surface area contributed by atoms with Crippen LogP contribution in [0.2, 0.25) is 0 Å². The second kappa shape index (κ2) is 5.65. The van der Waals surface area contributed by atoms with Crippen LogP contribution in [0.4, 0.5) is 13.2 Å². The summed E-state index contributed by atoms with van der Waals surface area (Å²) < 4.78 is 43.5. The SMILES string of the molecule is FC(F)(F)c1ccc(COc2cccc(Br)c2)cc1. The third-order valence-electron chi connectivity index (χ3n) is 2.48. The quantitative estimate of drug-likeness (QED) is 0.765. The van der Waals surface area contributed by atoms with E-state index in [9.17, 15) is 13.2 Å². The molecule has 0 saturated carbocycles. The lowest BCUT2D eigenvalue weighted by Gasteiger charge is -2.09. The molecule has 2 aromatic carbocycles. The molecule has 0 aromatic heterocycles. The van der Waals surface area contributed by atoms with E-state index < -0.39 is 11.7 Å². The second-order valence-corrected chi connectivity index (χ2v) is 4.86. The molecule has 0 spiro atoms. The molecule has 0 radical (unpaired) electrons. The van der Waals surface area contributed by atoms with Gasteiger partial charge >= 0.3 is 6.18 Å². The van der Waals surface area contributed by atoms with Crippen LogP contribution in [0, 0.1) is 0 Å². The average molecular weight is 331 g/mol. The number of rotatable bonds is 3. The van der Waals surface area contributed by atoms with Crippen molar-refractivity contribution in [1.29, 1.82) is 0 Å². The number of benzene rings is 2. The smallest absolute Gasteiger partial charge is 0.416 e. The average Bonchev–Trinajstić information content (AvgIpc) is 2.36. The van der Waals surface area contributed by atoms with Crippen LogP contribution in [0.5, 0.6) is 5.75 Å². The fourth-order valence-electron chi connectivity index (χ4n) is 1.51. The van der Waals surface area contributed by atoms with Gasteiger partial charge < -0.3 is 4.74 Å². The van der Waals surface area contributed by atoms with Crippen LogP contribution in [0.15, 0.2) is 53.0 Å². The third-order valence-corrected chi connectivity index (χ3v) is 2.98. The van der Waals surface area contributed by atoms with E-state index >= 15 is 0 Å². The zero-order valence-corrected chi connectivity index (χ0v) is 11.3. The molecule has 0 aliphatic rings. The highest BCUT2D eigenvalue weighted by molar-refractivity contribution is 9.10. The Kier molecular flexibility index (Phi) is 4.14. The summed E-state index contributed by atoms with van der Waals surface area (Å²) in [6, 6.07) is 12.2. The van der Waals surface area contributed by atoms with Gasteiger partial charge in [-0.25, -0.2) is 0 Å². The number of hydrogen-bond donors (Lipinski definition) is 0. The first kappa shape index (κ1) is 13.9. The Bertz CT molecular complexity index is 549. The van der Waals surface area contributed by atoms with Crippen molar-refractivity contribution in [1.82, 2.24) is 0 Å². The van der Waals surface area contributed by atoms with Gasteiger partial charge in [0.05, 0.1) is 5.56 Å². The van der Waals surface area contributed by atoms with Gasteiger partial charge in [0.25, 0.3) is 0 Å². The van der Waals surface area contributed by atoms with Crippen molar-refractivity contribution in [2.45, 2.75) is 12.8 Å². The highest BCUT2D eigenvalue weighted by Gasteiger charge is 2.29. The molecule has 0 N–H and O–H groups in total. The molecule has 0 saturated heterocycles. The Morgan fingerprint density at radius 2 is 1.68 bits per heavy atom. The summed E-state index contributed by atoms with van der Waals surface area (Å²) in [7, 11) is 0. The number of alkyl halides is 3. The van der Waals surface area contributed by atoms with Gasteiger partial charge in [-0.3, -0.25) is 0 Å². The summed E-state index contributed by atoms with van der Waals surface area (Å²) in [6.45, 7) is 0.231. The predicted molar refractivity (Wildman–Crippen MR) is 69.9 cm³/mol. The normalized spacial score (nSPS) is 11.4. The van der Waals surface area contributed by atoms with Crippen LogP contribution in [0.1, 0.15) is 11.1 Å². The van der Waals surface area contributed by atoms with Crippen LogP contribution in [0.25, 0.3) is 0 Å². The molecule has 2 aromatic rings. The van der Waals surface area contributed by atoms with Crippen molar-refractivity contribution in [3.63, 3.8) is 0 Å². The van der Waals surface area contributed by atoms with Gasteiger partial charge in [0, 0.05) is 4.47 Å². The highest BCUT2D eigenvalue weighted by Crippen LogP contribution is 2.29. The molecule has 0 atom stereocenters. The molecule has 19 heavy (non-hydrogen) atoms. The third kappa shape index (κ3) is 3.99. The minimum absolute atomic E-state index is 0.231. The van der Waals surface area contributed by atoms with Gasteiger partial charge in [-0.1, -0.05) is 34.1 Å². The van der Waals surface area contributed by atoms with Crippen LogP contribution in [-0.2, 0) is 12.8 Å². The summed E-state index contributed by atoms with van der Waals surface area (Å²) >= 11 is 3.31. The Morgan fingerprint density at radius 3 is 2.26 bits per heavy atom. The van der Waals surface area contributed by atoms with E-state index in [2.05, 4.69) is 15.9 Å². The molecule has 0 aliphatic heterocycles. The summed E-state index contributed by atoms with van der Waals surface area (Å²) in [6.07, 6.45) is -4.30. The Morgan fingerprint density at radius 1 is 1.00 bits per heavy atom. The number of halogens is 4. The van der Waals surface area contributed by atoms with E-state index in [-0.39, 0.29) is 6.61 Å². The fraction of sp³-hybridized carbons (Fsp3) is 0.143. The lowest BCUT2D eigenvalue weighted by Crippen LogP contribution is -2.05. The first-order chi connectivity index (χ1) is 8.95. The van der Waals surface area contributed by atoms with Crippen molar-refractivity contribution in [3.8, 4) is 5.75 Å². The molecule has 0 unspecified atom stereocenters. The maximum Gasteiger partial charge on any atom is 0.416 e. The molecule has 0 bridgehead atoms. The predicted octanol–water partition coefficient (Wildman–Crippen LogP) is 5.05.